The van der Waals surface area contributed by atoms with Crippen molar-refractivity contribution in [2.45, 2.75) is 32.7 Å². The van der Waals surface area contributed by atoms with E-state index in [2.05, 4.69) is 5.32 Å². The predicted octanol–water partition coefficient (Wildman–Crippen LogP) is 3.79. The Morgan fingerprint density at radius 3 is 1.81 bits per heavy atom. The van der Waals surface area contributed by atoms with Crippen LogP contribution in [0.3, 0.4) is 0 Å². The van der Waals surface area contributed by atoms with Gasteiger partial charge in [-0.2, -0.15) is 0 Å². The second kappa shape index (κ2) is 8.85. The fourth-order valence-electron chi connectivity index (χ4n) is 3.64. The van der Waals surface area contributed by atoms with Crippen LogP contribution in [0.5, 0.6) is 0 Å². The summed E-state index contributed by atoms with van der Waals surface area (Å²) in [7, 11) is 0. The maximum absolute atomic E-state index is 13.0. The van der Waals surface area contributed by atoms with Gasteiger partial charge in [0.1, 0.15) is 0 Å². The molecule has 4 heteroatoms. The standard InChI is InChI=1S/C23H28N2O2/c1-17(2)23(27)25-15-13-20(14-16-25)22(26)24-21(18-9-5-3-6-10-18)19-11-7-4-8-12-19/h3-12,17,20-21H,13-16H2,1-2H3,(H,24,26). The van der Waals surface area contributed by atoms with Crippen molar-refractivity contribution in [2.75, 3.05) is 13.1 Å². The second-order valence-electron chi connectivity index (χ2n) is 7.52. The fourth-order valence-corrected chi connectivity index (χ4v) is 3.64. The van der Waals surface area contributed by atoms with E-state index in [1.54, 1.807) is 0 Å². The summed E-state index contributed by atoms with van der Waals surface area (Å²) in [5.41, 5.74) is 2.15. The van der Waals surface area contributed by atoms with Gasteiger partial charge < -0.3 is 10.2 Å². The van der Waals surface area contributed by atoms with Gasteiger partial charge in [0.05, 0.1) is 6.04 Å². The number of carbonyl (C=O) groups excluding carboxylic acids is 2. The summed E-state index contributed by atoms with van der Waals surface area (Å²) in [6.45, 7) is 5.17. The van der Waals surface area contributed by atoms with Crippen molar-refractivity contribution in [1.29, 1.82) is 0 Å². The number of amides is 2. The number of nitrogens with zero attached hydrogens (tertiary/aromatic N) is 1. The molecule has 0 aliphatic carbocycles. The Kier molecular flexibility index (Phi) is 6.28. The minimum Gasteiger partial charge on any atom is -0.345 e. The van der Waals surface area contributed by atoms with Crippen molar-refractivity contribution in [2.24, 2.45) is 11.8 Å². The summed E-state index contributed by atoms with van der Waals surface area (Å²) in [5.74, 6) is 0.219. The van der Waals surface area contributed by atoms with Gasteiger partial charge in [0, 0.05) is 24.9 Å². The normalized spacial score (nSPS) is 15.2. The van der Waals surface area contributed by atoms with Crippen molar-refractivity contribution in [3.63, 3.8) is 0 Å². The SMILES string of the molecule is CC(C)C(=O)N1CCC(C(=O)NC(c2ccccc2)c2ccccc2)CC1. The highest BCUT2D eigenvalue weighted by molar-refractivity contribution is 5.81. The molecule has 2 amide bonds. The number of rotatable bonds is 5. The van der Waals surface area contributed by atoms with Crippen LogP contribution >= 0.6 is 0 Å². The average molecular weight is 364 g/mol. The van der Waals surface area contributed by atoms with Gasteiger partial charge in [-0.25, -0.2) is 0 Å². The van der Waals surface area contributed by atoms with Crippen molar-refractivity contribution in [3.05, 3.63) is 71.8 Å². The summed E-state index contributed by atoms with van der Waals surface area (Å²) in [4.78, 5) is 27.0. The zero-order valence-corrected chi connectivity index (χ0v) is 16.1. The Morgan fingerprint density at radius 2 is 1.37 bits per heavy atom. The van der Waals surface area contributed by atoms with Crippen LogP contribution in [0, 0.1) is 11.8 Å². The van der Waals surface area contributed by atoms with E-state index in [1.807, 2.05) is 79.4 Å². The van der Waals surface area contributed by atoms with Gasteiger partial charge in [0.25, 0.3) is 0 Å². The zero-order chi connectivity index (χ0) is 19.2. The molecule has 1 N–H and O–H groups in total. The molecule has 0 unspecified atom stereocenters. The van der Waals surface area contributed by atoms with E-state index >= 15 is 0 Å². The van der Waals surface area contributed by atoms with E-state index in [9.17, 15) is 9.59 Å². The highest BCUT2D eigenvalue weighted by atomic mass is 16.2. The van der Waals surface area contributed by atoms with E-state index in [0.29, 0.717) is 13.1 Å². The molecule has 142 valence electrons. The molecular weight excluding hydrogens is 336 g/mol. The van der Waals surface area contributed by atoms with Crippen LogP contribution in [0.4, 0.5) is 0 Å². The lowest BCUT2D eigenvalue weighted by Gasteiger charge is -2.33. The van der Waals surface area contributed by atoms with E-state index in [0.717, 1.165) is 24.0 Å². The van der Waals surface area contributed by atoms with E-state index in [4.69, 9.17) is 0 Å². The third-order valence-corrected chi connectivity index (χ3v) is 5.22. The lowest BCUT2D eigenvalue weighted by molar-refractivity contribution is -0.138. The van der Waals surface area contributed by atoms with E-state index in [-0.39, 0.29) is 29.7 Å². The van der Waals surface area contributed by atoms with Crippen molar-refractivity contribution in [3.8, 4) is 0 Å². The van der Waals surface area contributed by atoms with Crippen molar-refractivity contribution >= 4 is 11.8 Å². The highest BCUT2D eigenvalue weighted by Crippen LogP contribution is 2.25. The van der Waals surface area contributed by atoms with Crippen LogP contribution < -0.4 is 5.32 Å². The first-order valence-electron chi connectivity index (χ1n) is 9.75. The highest BCUT2D eigenvalue weighted by Gasteiger charge is 2.29. The number of nitrogens with one attached hydrogen (secondary N) is 1. The van der Waals surface area contributed by atoms with Gasteiger partial charge in [0.2, 0.25) is 11.8 Å². The number of hydrogen-bond acceptors (Lipinski definition) is 2. The number of benzene rings is 2. The molecule has 0 atom stereocenters. The van der Waals surface area contributed by atoms with E-state index in [1.165, 1.54) is 0 Å². The van der Waals surface area contributed by atoms with Gasteiger partial charge in [-0.05, 0) is 24.0 Å². The Morgan fingerprint density at radius 1 is 0.889 bits per heavy atom. The van der Waals surface area contributed by atoms with Crippen LogP contribution in [0.1, 0.15) is 43.9 Å². The Balaban J connectivity index is 1.68. The summed E-state index contributed by atoms with van der Waals surface area (Å²) >= 11 is 0. The monoisotopic (exact) mass is 364 g/mol. The molecule has 1 aliphatic heterocycles. The summed E-state index contributed by atoms with van der Waals surface area (Å²) < 4.78 is 0. The van der Waals surface area contributed by atoms with Crippen LogP contribution in [-0.2, 0) is 9.59 Å². The van der Waals surface area contributed by atoms with Crippen LogP contribution in [-0.4, -0.2) is 29.8 Å². The summed E-state index contributed by atoms with van der Waals surface area (Å²) in [6.07, 6.45) is 1.45. The van der Waals surface area contributed by atoms with Crippen molar-refractivity contribution < 1.29 is 9.59 Å². The predicted molar refractivity (Wildman–Crippen MR) is 107 cm³/mol. The maximum atomic E-state index is 13.0. The molecule has 1 saturated heterocycles. The number of piperidine rings is 1. The molecule has 4 nitrogen and oxygen atoms in total. The van der Waals surface area contributed by atoms with Gasteiger partial charge in [-0.15, -0.1) is 0 Å². The molecule has 0 saturated carbocycles. The first-order chi connectivity index (χ1) is 13.1. The smallest absolute Gasteiger partial charge is 0.225 e. The molecule has 0 aromatic heterocycles. The molecule has 0 spiro atoms. The molecule has 27 heavy (non-hydrogen) atoms. The Labute approximate surface area is 161 Å². The average Bonchev–Trinajstić information content (AvgIpc) is 2.72. The molecule has 1 heterocycles. The first-order valence-corrected chi connectivity index (χ1v) is 9.75. The third kappa shape index (κ3) is 4.76. The number of likely N-dealkylation sites (tertiary alicyclic amines) is 1. The molecular formula is C23H28N2O2. The molecule has 2 aromatic carbocycles. The Bertz CT molecular complexity index is 711. The van der Waals surface area contributed by atoms with Gasteiger partial charge in [-0.3, -0.25) is 9.59 Å². The van der Waals surface area contributed by atoms with Gasteiger partial charge >= 0.3 is 0 Å². The molecule has 0 bridgehead atoms. The van der Waals surface area contributed by atoms with Crippen LogP contribution in [0.25, 0.3) is 0 Å². The Hall–Kier alpha value is -2.62. The number of hydrogen-bond donors (Lipinski definition) is 1. The second-order valence-corrected chi connectivity index (χ2v) is 7.52. The quantitative estimate of drug-likeness (QED) is 0.878. The van der Waals surface area contributed by atoms with E-state index < -0.39 is 0 Å². The largest absolute Gasteiger partial charge is 0.345 e. The van der Waals surface area contributed by atoms with Crippen LogP contribution in [0.15, 0.2) is 60.7 Å². The summed E-state index contributed by atoms with van der Waals surface area (Å²) in [5, 5.41) is 3.24. The summed E-state index contributed by atoms with van der Waals surface area (Å²) in [6, 6.07) is 20.0. The van der Waals surface area contributed by atoms with Crippen molar-refractivity contribution in [1.82, 2.24) is 10.2 Å². The molecule has 1 aliphatic rings. The maximum Gasteiger partial charge on any atom is 0.225 e. The third-order valence-electron chi connectivity index (χ3n) is 5.22. The lowest BCUT2D eigenvalue weighted by Crippen LogP contribution is -2.45. The topological polar surface area (TPSA) is 49.4 Å². The lowest BCUT2D eigenvalue weighted by atomic mass is 9.93. The minimum atomic E-state index is -0.157. The van der Waals surface area contributed by atoms with Gasteiger partial charge in [0.15, 0.2) is 0 Å². The molecule has 1 fully saturated rings. The number of carbonyl (C=O) groups is 2. The van der Waals surface area contributed by atoms with Gasteiger partial charge in [-0.1, -0.05) is 74.5 Å². The minimum absolute atomic E-state index is 0.0101. The fraction of sp³-hybridized carbons (Fsp3) is 0.391. The molecule has 0 radical (unpaired) electrons. The zero-order valence-electron chi connectivity index (χ0n) is 16.1. The molecule has 3 rings (SSSR count). The van der Waals surface area contributed by atoms with Crippen LogP contribution in [0.2, 0.25) is 0 Å². The molecule has 2 aromatic rings. The first kappa shape index (κ1) is 19.2.